The lowest BCUT2D eigenvalue weighted by Gasteiger charge is -2.34. The highest BCUT2D eigenvalue weighted by Gasteiger charge is 2.79. The van der Waals surface area contributed by atoms with E-state index in [0.717, 1.165) is 5.32 Å². The molecule has 1 N–H and O–H groups in total. The van der Waals surface area contributed by atoms with Crippen LogP contribution in [0, 0.1) is 0 Å². The molecule has 23 heavy (non-hydrogen) atoms. The zero-order valence-electron chi connectivity index (χ0n) is 10.5. The highest BCUT2D eigenvalue weighted by Crippen LogP contribution is 2.50. The fraction of sp³-hybridized carbons (Fsp3) is 0.667. The normalized spacial score (nSPS) is 16.7. The van der Waals surface area contributed by atoms with Gasteiger partial charge in [0.15, 0.2) is 0 Å². The first-order valence-corrected chi connectivity index (χ1v) is 5.11. The second-order valence-electron chi connectivity index (χ2n) is 3.78. The van der Waals surface area contributed by atoms with Crippen molar-refractivity contribution < 1.29 is 57.8 Å². The molecule has 0 aliphatic rings. The van der Waals surface area contributed by atoms with Crippen molar-refractivity contribution in [2.45, 2.75) is 30.2 Å². The number of carbonyl (C=O) groups is 1. The zero-order chi connectivity index (χ0) is 18.9. The van der Waals surface area contributed by atoms with E-state index >= 15 is 0 Å². The van der Waals surface area contributed by atoms with Gasteiger partial charge in [0.25, 0.3) is 5.91 Å². The number of alkyl halides is 11. The minimum Gasteiger partial charge on any atom is -0.347 e. The van der Waals surface area contributed by atoms with Gasteiger partial charge in [-0.3, -0.25) is 9.53 Å². The first-order chi connectivity index (χ1) is 9.94. The maximum atomic E-state index is 13.5. The summed E-state index contributed by atoms with van der Waals surface area (Å²) in [6.07, 6.45) is -20.2. The Labute approximate surface area is 120 Å². The molecule has 0 rings (SSSR count). The van der Waals surface area contributed by atoms with Crippen molar-refractivity contribution in [2.24, 2.45) is 0 Å². The van der Waals surface area contributed by atoms with Crippen LogP contribution in [0.3, 0.4) is 0 Å². The fourth-order valence-electron chi connectivity index (χ4n) is 0.917. The zero-order valence-corrected chi connectivity index (χ0v) is 10.5. The van der Waals surface area contributed by atoms with Crippen LogP contribution in [0.2, 0.25) is 0 Å². The Balaban J connectivity index is 5.82. The Kier molecular flexibility index (Phi) is 5.70. The van der Waals surface area contributed by atoms with E-state index in [4.69, 9.17) is 0 Å². The molecule has 14 heteroatoms. The molecule has 136 valence electrons. The average Bonchev–Trinajstić information content (AvgIpc) is 2.32. The number of ether oxygens (including phenoxy) is 1. The van der Waals surface area contributed by atoms with Crippen molar-refractivity contribution in [2.75, 3.05) is 6.54 Å². The van der Waals surface area contributed by atoms with Crippen molar-refractivity contribution in [3.05, 3.63) is 12.7 Å². The predicted molar refractivity (Wildman–Crippen MR) is 50.1 cm³/mol. The van der Waals surface area contributed by atoms with Crippen LogP contribution >= 0.6 is 0 Å². The van der Waals surface area contributed by atoms with Crippen LogP contribution in [0.25, 0.3) is 0 Å². The standard InChI is InChI=1S/C9H6F11NO2/c1-2-3-21-4(22)5(10,7(13,14)15)23-9(19,20)6(11,12)8(16,17)18/h2H,1,3H2,(H,21,22)/t5-/m0/s1. The van der Waals surface area contributed by atoms with Gasteiger partial charge in [0, 0.05) is 6.54 Å². The van der Waals surface area contributed by atoms with Gasteiger partial charge in [0.1, 0.15) is 0 Å². The monoisotopic (exact) mass is 369 g/mol. The van der Waals surface area contributed by atoms with E-state index in [1.54, 1.807) is 0 Å². The largest absolute Gasteiger partial charge is 0.462 e. The van der Waals surface area contributed by atoms with Gasteiger partial charge >= 0.3 is 30.2 Å². The van der Waals surface area contributed by atoms with Crippen LogP contribution in [-0.2, 0) is 9.53 Å². The molecule has 0 aliphatic carbocycles. The number of amides is 1. The maximum absolute atomic E-state index is 13.5. The summed E-state index contributed by atoms with van der Waals surface area (Å²) in [5.41, 5.74) is 0. The first kappa shape index (κ1) is 21.4. The molecule has 0 radical (unpaired) electrons. The Bertz CT molecular complexity index is 455. The summed E-state index contributed by atoms with van der Waals surface area (Å²) < 4.78 is 138. The van der Waals surface area contributed by atoms with Gasteiger partial charge in [0.05, 0.1) is 0 Å². The molecule has 3 nitrogen and oxygen atoms in total. The van der Waals surface area contributed by atoms with E-state index in [1.807, 2.05) is 4.74 Å². The smallest absolute Gasteiger partial charge is 0.347 e. The Morgan fingerprint density at radius 1 is 0.913 bits per heavy atom. The Hall–Kier alpha value is -1.60. The molecule has 0 saturated carbocycles. The number of carbonyl (C=O) groups excluding carboxylic acids is 1. The summed E-state index contributed by atoms with van der Waals surface area (Å²) in [6, 6.07) is 0. The van der Waals surface area contributed by atoms with Crippen LogP contribution in [0.4, 0.5) is 48.3 Å². The molecule has 1 amide bonds. The Morgan fingerprint density at radius 3 is 1.65 bits per heavy atom. The molecule has 0 saturated heterocycles. The number of halogens is 11. The van der Waals surface area contributed by atoms with Gasteiger partial charge in [-0.2, -0.15) is 48.3 Å². The second-order valence-corrected chi connectivity index (χ2v) is 3.78. The average molecular weight is 369 g/mol. The number of nitrogens with one attached hydrogen (secondary N) is 1. The van der Waals surface area contributed by atoms with Crippen molar-refractivity contribution in [3.63, 3.8) is 0 Å². The summed E-state index contributed by atoms with van der Waals surface area (Å²) in [4.78, 5) is 10.9. The summed E-state index contributed by atoms with van der Waals surface area (Å²) in [6.45, 7) is 1.89. The van der Waals surface area contributed by atoms with Gasteiger partial charge in [-0.05, 0) is 0 Å². The van der Waals surface area contributed by atoms with Gasteiger partial charge in [-0.25, -0.2) is 0 Å². The lowest BCUT2D eigenvalue weighted by molar-refractivity contribution is -0.472. The Morgan fingerprint density at radius 2 is 1.35 bits per heavy atom. The molecule has 0 fully saturated rings. The molecule has 0 heterocycles. The number of rotatable bonds is 6. The highest BCUT2D eigenvalue weighted by molar-refractivity contribution is 5.84. The molecule has 0 spiro atoms. The van der Waals surface area contributed by atoms with Crippen LogP contribution in [-0.4, -0.2) is 42.7 Å². The van der Waals surface area contributed by atoms with Crippen molar-refractivity contribution in [3.8, 4) is 0 Å². The van der Waals surface area contributed by atoms with E-state index in [2.05, 4.69) is 6.58 Å². The fourth-order valence-corrected chi connectivity index (χ4v) is 0.917. The minimum absolute atomic E-state index is 0.636. The SMILES string of the molecule is C=CCNC(=O)[C@](F)(OC(F)(F)C(F)(F)C(F)(F)F)C(F)(F)F. The lowest BCUT2D eigenvalue weighted by atomic mass is 10.2. The molecule has 0 aromatic rings. The quantitative estimate of drug-likeness (QED) is 0.576. The summed E-state index contributed by atoms with van der Waals surface area (Å²) in [7, 11) is 0. The van der Waals surface area contributed by atoms with E-state index in [9.17, 15) is 53.1 Å². The molecular weight excluding hydrogens is 363 g/mol. The number of hydrogen-bond acceptors (Lipinski definition) is 2. The predicted octanol–water partition coefficient (Wildman–Crippen LogP) is 3.32. The van der Waals surface area contributed by atoms with Crippen LogP contribution in [0.5, 0.6) is 0 Å². The third kappa shape index (κ3) is 4.03. The third-order valence-electron chi connectivity index (χ3n) is 2.05. The van der Waals surface area contributed by atoms with E-state index in [-0.39, 0.29) is 0 Å². The molecule has 0 aliphatic heterocycles. The van der Waals surface area contributed by atoms with Crippen LogP contribution in [0.1, 0.15) is 0 Å². The highest BCUT2D eigenvalue weighted by atomic mass is 19.4. The summed E-state index contributed by atoms with van der Waals surface area (Å²) in [5, 5.41) is 0.956. The molecule has 1 atom stereocenters. The van der Waals surface area contributed by atoms with E-state index in [1.165, 1.54) is 0 Å². The van der Waals surface area contributed by atoms with Gasteiger partial charge < -0.3 is 5.32 Å². The van der Waals surface area contributed by atoms with Crippen molar-refractivity contribution >= 4 is 5.91 Å². The third-order valence-corrected chi connectivity index (χ3v) is 2.05. The lowest BCUT2D eigenvalue weighted by Crippen LogP contribution is -2.63. The van der Waals surface area contributed by atoms with Gasteiger partial charge in [-0.15, -0.1) is 6.58 Å². The first-order valence-electron chi connectivity index (χ1n) is 5.11. The maximum Gasteiger partial charge on any atom is 0.462 e. The second kappa shape index (κ2) is 6.13. The molecular formula is C9H6F11NO2. The molecule has 0 aromatic carbocycles. The summed E-state index contributed by atoms with van der Waals surface area (Å²) in [5.74, 6) is -16.4. The van der Waals surface area contributed by atoms with Crippen LogP contribution < -0.4 is 5.32 Å². The molecule has 0 unspecified atom stereocenters. The minimum atomic E-state index is -7.21. The van der Waals surface area contributed by atoms with Gasteiger partial charge in [0.2, 0.25) is 0 Å². The van der Waals surface area contributed by atoms with Crippen molar-refractivity contribution in [1.29, 1.82) is 0 Å². The summed E-state index contributed by atoms with van der Waals surface area (Å²) >= 11 is 0. The topological polar surface area (TPSA) is 38.3 Å². The van der Waals surface area contributed by atoms with E-state index < -0.39 is 42.7 Å². The molecule has 0 aromatic heterocycles. The molecule has 0 bridgehead atoms. The number of hydrogen-bond donors (Lipinski definition) is 1. The van der Waals surface area contributed by atoms with Gasteiger partial charge in [-0.1, -0.05) is 6.08 Å². The van der Waals surface area contributed by atoms with E-state index in [0.29, 0.717) is 6.08 Å². The van der Waals surface area contributed by atoms with Crippen LogP contribution in [0.15, 0.2) is 12.7 Å². The van der Waals surface area contributed by atoms with Crippen molar-refractivity contribution in [1.82, 2.24) is 5.32 Å².